The molecule has 0 saturated carbocycles. The first kappa shape index (κ1) is 21.7. The quantitative estimate of drug-likeness (QED) is 0.550. The Hall–Kier alpha value is -2.57. The molecule has 0 spiro atoms. The summed E-state index contributed by atoms with van der Waals surface area (Å²) < 4.78 is 30.3. The molecule has 1 atom stereocenters. The number of aromatic nitrogens is 1. The highest BCUT2D eigenvalue weighted by Gasteiger charge is 2.26. The van der Waals surface area contributed by atoms with Crippen molar-refractivity contribution >= 4 is 9.84 Å². The Balaban J connectivity index is 1.65. The molecule has 5 nitrogen and oxygen atoms in total. The van der Waals surface area contributed by atoms with Crippen molar-refractivity contribution in [3.05, 3.63) is 71.9 Å². The van der Waals surface area contributed by atoms with Crippen molar-refractivity contribution in [2.24, 2.45) is 0 Å². The molecule has 2 heterocycles. The van der Waals surface area contributed by atoms with Gasteiger partial charge in [-0.25, -0.2) is 8.42 Å². The minimum atomic E-state index is -3.29. The number of sulfone groups is 1. The number of ether oxygens (including phenoxy) is 1. The van der Waals surface area contributed by atoms with E-state index in [0.717, 1.165) is 36.5 Å². The standard InChI is InChI=1S/C25H30N2O3S/c1-3-31(28,29)20-12-15-25(30-2)21(17-20)22-13-14-23(26-22)24-11-7-8-16-27(24)18-19-9-5-4-6-10-19/h4-6,9-10,12-15,17,24,26H,3,7-8,11,16,18H2,1-2H3. The van der Waals surface area contributed by atoms with Gasteiger partial charge in [0.15, 0.2) is 9.84 Å². The Morgan fingerprint density at radius 1 is 1.06 bits per heavy atom. The highest BCUT2D eigenvalue weighted by molar-refractivity contribution is 7.91. The van der Waals surface area contributed by atoms with Gasteiger partial charge in [-0.3, -0.25) is 4.90 Å². The molecule has 31 heavy (non-hydrogen) atoms. The predicted octanol–water partition coefficient (Wildman–Crippen LogP) is 5.21. The maximum atomic E-state index is 12.4. The van der Waals surface area contributed by atoms with Crippen molar-refractivity contribution in [3.8, 4) is 17.0 Å². The lowest BCUT2D eigenvalue weighted by atomic mass is 9.98. The van der Waals surface area contributed by atoms with Crippen LogP contribution in [0, 0.1) is 0 Å². The Kier molecular flexibility index (Phi) is 6.49. The molecular formula is C25H30N2O3S. The maximum Gasteiger partial charge on any atom is 0.178 e. The Labute approximate surface area is 185 Å². The van der Waals surface area contributed by atoms with Crippen molar-refractivity contribution in [2.45, 2.75) is 43.7 Å². The lowest BCUT2D eigenvalue weighted by Crippen LogP contribution is -2.33. The number of piperidine rings is 1. The highest BCUT2D eigenvalue weighted by Crippen LogP contribution is 2.36. The Morgan fingerprint density at radius 3 is 2.61 bits per heavy atom. The van der Waals surface area contributed by atoms with Crippen molar-refractivity contribution in [2.75, 3.05) is 19.4 Å². The van der Waals surface area contributed by atoms with Crippen LogP contribution >= 0.6 is 0 Å². The minimum Gasteiger partial charge on any atom is -0.496 e. The maximum absolute atomic E-state index is 12.4. The third kappa shape index (κ3) is 4.70. The summed E-state index contributed by atoms with van der Waals surface area (Å²) in [5.41, 5.74) is 4.13. The SMILES string of the molecule is CCS(=O)(=O)c1ccc(OC)c(-c2ccc(C3CCCCN3Cc3ccccc3)[nH]2)c1. The van der Waals surface area contributed by atoms with Gasteiger partial charge in [0.25, 0.3) is 0 Å². The van der Waals surface area contributed by atoms with Crippen LogP contribution in [0.25, 0.3) is 11.3 Å². The Morgan fingerprint density at radius 2 is 1.87 bits per heavy atom. The zero-order valence-electron chi connectivity index (χ0n) is 18.2. The number of rotatable bonds is 7. The van der Waals surface area contributed by atoms with Gasteiger partial charge in [-0.2, -0.15) is 0 Å². The number of nitrogens with one attached hydrogen (secondary N) is 1. The van der Waals surface area contributed by atoms with E-state index < -0.39 is 9.84 Å². The second-order valence-electron chi connectivity index (χ2n) is 8.06. The number of methoxy groups -OCH3 is 1. The van der Waals surface area contributed by atoms with Crippen molar-refractivity contribution in [1.29, 1.82) is 0 Å². The van der Waals surface area contributed by atoms with Gasteiger partial charge in [0, 0.05) is 23.5 Å². The zero-order chi connectivity index (χ0) is 21.8. The highest BCUT2D eigenvalue weighted by atomic mass is 32.2. The molecule has 1 unspecified atom stereocenters. The predicted molar refractivity (Wildman–Crippen MR) is 124 cm³/mol. The summed E-state index contributed by atoms with van der Waals surface area (Å²) in [4.78, 5) is 6.43. The summed E-state index contributed by atoms with van der Waals surface area (Å²) >= 11 is 0. The third-order valence-electron chi connectivity index (χ3n) is 6.11. The number of nitrogens with zero attached hydrogens (tertiary/aromatic N) is 1. The normalized spacial score (nSPS) is 17.5. The first-order chi connectivity index (χ1) is 15.0. The van der Waals surface area contributed by atoms with Crippen LogP contribution in [0.15, 0.2) is 65.6 Å². The lowest BCUT2D eigenvalue weighted by Gasteiger charge is -2.35. The molecule has 1 saturated heterocycles. The number of likely N-dealkylation sites (tertiary alicyclic amines) is 1. The van der Waals surface area contributed by atoms with Crippen LogP contribution in [0.5, 0.6) is 5.75 Å². The number of H-pyrrole nitrogens is 1. The van der Waals surface area contributed by atoms with Crippen LogP contribution in [0.4, 0.5) is 0 Å². The summed E-state index contributed by atoms with van der Waals surface area (Å²) in [5, 5.41) is 0. The summed E-state index contributed by atoms with van der Waals surface area (Å²) in [6, 6.07) is 20.1. The summed E-state index contributed by atoms with van der Waals surface area (Å²) in [6.45, 7) is 3.66. The van der Waals surface area contributed by atoms with Crippen molar-refractivity contribution < 1.29 is 13.2 Å². The van der Waals surface area contributed by atoms with Gasteiger partial charge in [0.05, 0.1) is 23.8 Å². The molecule has 1 aromatic heterocycles. The summed E-state index contributed by atoms with van der Waals surface area (Å²) in [5.74, 6) is 0.735. The molecule has 1 aliphatic rings. The fourth-order valence-electron chi connectivity index (χ4n) is 4.37. The molecule has 164 valence electrons. The summed E-state index contributed by atoms with van der Waals surface area (Å²) in [6.07, 6.45) is 3.52. The molecule has 1 N–H and O–H groups in total. The van der Waals surface area contributed by atoms with Crippen LogP contribution in [0.2, 0.25) is 0 Å². The van der Waals surface area contributed by atoms with Gasteiger partial charge in [-0.05, 0) is 55.3 Å². The molecule has 6 heteroatoms. The zero-order valence-corrected chi connectivity index (χ0v) is 19.0. The molecule has 1 fully saturated rings. The number of benzene rings is 2. The second-order valence-corrected chi connectivity index (χ2v) is 10.3. The van der Waals surface area contributed by atoms with E-state index >= 15 is 0 Å². The monoisotopic (exact) mass is 438 g/mol. The van der Waals surface area contributed by atoms with E-state index in [1.807, 2.05) is 6.07 Å². The van der Waals surface area contributed by atoms with Gasteiger partial charge in [-0.15, -0.1) is 0 Å². The van der Waals surface area contributed by atoms with Gasteiger partial charge in [0.2, 0.25) is 0 Å². The molecular weight excluding hydrogens is 408 g/mol. The fraction of sp³-hybridized carbons (Fsp3) is 0.360. The third-order valence-corrected chi connectivity index (χ3v) is 7.84. The van der Waals surface area contributed by atoms with Crippen LogP contribution in [-0.4, -0.2) is 37.7 Å². The largest absolute Gasteiger partial charge is 0.496 e. The first-order valence-corrected chi connectivity index (χ1v) is 12.5. The molecule has 0 amide bonds. The average Bonchev–Trinajstić information content (AvgIpc) is 3.29. The molecule has 0 aliphatic carbocycles. The van der Waals surface area contributed by atoms with E-state index in [2.05, 4.69) is 46.3 Å². The van der Waals surface area contributed by atoms with Gasteiger partial charge in [0.1, 0.15) is 5.75 Å². The first-order valence-electron chi connectivity index (χ1n) is 10.9. The van der Waals surface area contributed by atoms with E-state index in [1.54, 1.807) is 32.2 Å². The van der Waals surface area contributed by atoms with Gasteiger partial charge in [-0.1, -0.05) is 43.7 Å². The van der Waals surface area contributed by atoms with Crippen LogP contribution in [-0.2, 0) is 16.4 Å². The minimum absolute atomic E-state index is 0.0747. The van der Waals surface area contributed by atoms with E-state index in [1.165, 1.54) is 18.4 Å². The van der Waals surface area contributed by atoms with E-state index in [4.69, 9.17) is 4.74 Å². The van der Waals surface area contributed by atoms with Crippen LogP contribution < -0.4 is 4.74 Å². The average molecular weight is 439 g/mol. The molecule has 1 aliphatic heterocycles. The topological polar surface area (TPSA) is 62.4 Å². The van der Waals surface area contributed by atoms with E-state index in [0.29, 0.717) is 16.7 Å². The van der Waals surface area contributed by atoms with Crippen LogP contribution in [0.1, 0.15) is 43.5 Å². The number of hydrogen-bond donors (Lipinski definition) is 1. The fourth-order valence-corrected chi connectivity index (χ4v) is 5.28. The number of hydrogen-bond acceptors (Lipinski definition) is 4. The second kappa shape index (κ2) is 9.28. The smallest absolute Gasteiger partial charge is 0.178 e. The lowest BCUT2D eigenvalue weighted by molar-refractivity contribution is 0.138. The molecule has 0 radical (unpaired) electrons. The number of aromatic amines is 1. The Bertz CT molecular complexity index is 1120. The van der Waals surface area contributed by atoms with Crippen molar-refractivity contribution in [3.63, 3.8) is 0 Å². The molecule has 0 bridgehead atoms. The summed E-state index contributed by atoms with van der Waals surface area (Å²) in [7, 11) is -1.68. The van der Waals surface area contributed by atoms with Crippen LogP contribution in [0.3, 0.4) is 0 Å². The van der Waals surface area contributed by atoms with Crippen molar-refractivity contribution in [1.82, 2.24) is 9.88 Å². The van der Waals surface area contributed by atoms with E-state index in [9.17, 15) is 8.42 Å². The molecule has 4 rings (SSSR count). The molecule has 2 aromatic carbocycles. The van der Waals surface area contributed by atoms with Gasteiger partial charge >= 0.3 is 0 Å². The molecule has 3 aromatic rings. The van der Waals surface area contributed by atoms with E-state index in [-0.39, 0.29) is 5.75 Å². The van der Waals surface area contributed by atoms with Gasteiger partial charge < -0.3 is 9.72 Å².